The van der Waals surface area contributed by atoms with E-state index in [-0.39, 0.29) is 41.5 Å². The Morgan fingerprint density at radius 2 is 1.71 bits per heavy atom. The number of carbonyl (C=O) groups excluding carboxylic acids is 2. The lowest BCUT2D eigenvalue weighted by Gasteiger charge is -2.33. The van der Waals surface area contributed by atoms with Gasteiger partial charge in [0.25, 0.3) is 0 Å². The van der Waals surface area contributed by atoms with Gasteiger partial charge >= 0.3 is 6.09 Å². The van der Waals surface area contributed by atoms with Crippen molar-refractivity contribution in [3.05, 3.63) is 36.2 Å². The van der Waals surface area contributed by atoms with E-state index in [0.717, 1.165) is 25.7 Å². The van der Waals surface area contributed by atoms with Gasteiger partial charge in [0.15, 0.2) is 5.94 Å². The molecule has 0 atom stereocenters. The number of likely N-dealkylation sites (tertiary alicyclic amines) is 1. The summed E-state index contributed by atoms with van der Waals surface area (Å²) in [6, 6.07) is 5.79. The van der Waals surface area contributed by atoms with Gasteiger partial charge in [-0.05, 0) is 70.7 Å². The fourth-order valence-corrected chi connectivity index (χ4v) is 5.53. The van der Waals surface area contributed by atoms with Gasteiger partial charge in [0, 0.05) is 31.1 Å². The van der Waals surface area contributed by atoms with Crippen molar-refractivity contribution < 1.29 is 36.6 Å². The molecule has 9 nitrogen and oxygen atoms in total. The van der Waals surface area contributed by atoms with E-state index in [9.17, 15) is 22.4 Å². The highest BCUT2D eigenvalue weighted by molar-refractivity contribution is 7.91. The molecule has 1 saturated heterocycles. The topological polar surface area (TPSA) is 111 Å². The van der Waals surface area contributed by atoms with Gasteiger partial charge in [-0.1, -0.05) is 12.8 Å². The monoisotopic (exact) mass is 554 g/mol. The molecule has 1 aliphatic heterocycles. The van der Waals surface area contributed by atoms with Gasteiger partial charge in [-0.15, -0.1) is 0 Å². The maximum absolute atomic E-state index is 13.2. The van der Waals surface area contributed by atoms with Crippen molar-refractivity contribution in [2.75, 3.05) is 32.2 Å². The first-order valence-corrected chi connectivity index (χ1v) is 14.7. The Balaban J connectivity index is 1.41. The molecule has 38 heavy (non-hydrogen) atoms. The van der Waals surface area contributed by atoms with Gasteiger partial charge < -0.3 is 24.4 Å². The minimum atomic E-state index is -3.68. The van der Waals surface area contributed by atoms with Crippen LogP contribution in [0.3, 0.4) is 0 Å². The summed E-state index contributed by atoms with van der Waals surface area (Å²) in [6.45, 7) is 6.13. The number of rotatable bonds is 10. The quantitative estimate of drug-likeness (QED) is 0.457. The van der Waals surface area contributed by atoms with Crippen molar-refractivity contribution in [2.24, 2.45) is 5.92 Å². The van der Waals surface area contributed by atoms with E-state index in [4.69, 9.17) is 14.2 Å². The largest absolute Gasteiger partial charge is 0.489 e. The number of amides is 2. The Kier molecular flexibility index (Phi) is 10.6. The number of nitrogens with zero attached hydrogens (tertiary/aromatic N) is 1. The van der Waals surface area contributed by atoms with E-state index in [1.807, 2.05) is 4.90 Å². The van der Waals surface area contributed by atoms with Gasteiger partial charge in [-0.25, -0.2) is 17.6 Å². The van der Waals surface area contributed by atoms with Crippen LogP contribution in [0.5, 0.6) is 5.75 Å². The molecule has 0 spiro atoms. The maximum Gasteiger partial charge on any atom is 0.407 e. The second-order valence-corrected chi connectivity index (χ2v) is 12.7. The van der Waals surface area contributed by atoms with Crippen molar-refractivity contribution in [1.82, 2.24) is 10.2 Å². The van der Waals surface area contributed by atoms with E-state index < -0.39 is 27.5 Å². The van der Waals surface area contributed by atoms with Crippen LogP contribution in [-0.2, 0) is 24.1 Å². The van der Waals surface area contributed by atoms with Crippen molar-refractivity contribution in [3.63, 3.8) is 0 Å². The van der Waals surface area contributed by atoms with Crippen LogP contribution in [0.2, 0.25) is 0 Å². The van der Waals surface area contributed by atoms with Gasteiger partial charge in [-0.2, -0.15) is 0 Å². The predicted molar refractivity (Wildman–Crippen MR) is 140 cm³/mol. The number of sulfone groups is 1. The highest BCUT2D eigenvalue weighted by Gasteiger charge is 2.30. The summed E-state index contributed by atoms with van der Waals surface area (Å²) in [6.07, 6.45) is 4.88. The minimum absolute atomic E-state index is 0.0894. The van der Waals surface area contributed by atoms with Crippen molar-refractivity contribution in [3.8, 4) is 5.75 Å². The first kappa shape index (κ1) is 29.9. The molecule has 2 aliphatic rings. The molecular weight excluding hydrogens is 515 g/mol. The van der Waals surface area contributed by atoms with Crippen LogP contribution in [0.4, 0.5) is 9.18 Å². The average Bonchev–Trinajstić information content (AvgIpc) is 3.42. The van der Waals surface area contributed by atoms with E-state index in [1.165, 1.54) is 24.3 Å². The molecule has 2 amide bonds. The molecule has 0 radical (unpaired) electrons. The molecule has 212 valence electrons. The smallest absolute Gasteiger partial charge is 0.407 e. The van der Waals surface area contributed by atoms with Gasteiger partial charge in [-0.3, -0.25) is 4.79 Å². The Morgan fingerprint density at radius 1 is 1.08 bits per heavy atom. The number of benzene rings is 1. The Hall–Kier alpha value is -2.66. The lowest BCUT2D eigenvalue weighted by Crippen LogP contribution is -2.43. The standard InChI is InChI=1S/C27H39FN2O7S/c1-27(2,3)37-26(32)29-17-20(16-28)18-35-22-8-10-24(11-9-22)38(33,34)19-36-23-12-14-30(15-13-23)25(31)21-6-4-5-7-21/h8-11,16,21,23H,4-7,12-15,17-19H2,1-3H3,(H,29,32)/b20-16+. The fraction of sp³-hybridized carbons (Fsp3) is 0.630. The molecular formula is C27H39FN2O7S. The summed E-state index contributed by atoms with van der Waals surface area (Å²) in [4.78, 5) is 26.3. The normalized spacial score (nSPS) is 17.9. The zero-order valence-corrected chi connectivity index (χ0v) is 23.2. The predicted octanol–water partition coefficient (Wildman–Crippen LogP) is 4.37. The van der Waals surface area contributed by atoms with E-state index >= 15 is 0 Å². The van der Waals surface area contributed by atoms with Crippen LogP contribution >= 0.6 is 0 Å². The van der Waals surface area contributed by atoms with Crippen LogP contribution in [0.15, 0.2) is 41.1 Å². The zero-order valence-electron chi connectivity index (χ0n) is 22.4. The summed E-state index contributed by atoms with van der Waals surface area (Å²) in [7, 11) is -3.68. The highest BCUT2D eigenvalue weighted by atomic mass is 32.2. The molecule has 2 fully saturated rings. The summed E-state index contributed by atoms with van der Waals surface area (Å²) in [5, 5.41) is 2.46. The van der Waals surface area contributed by atoms with Crippen molar-refractivity contribution >= 4 is 21.8 Å². The molecule has 1 aromatic carbocycles. The van der Waals surface area contributed by atoms with Crippen LogP contribution in [-0.4, -0.2) is 69.2 Å². The number of ether oxygens (including phenoxy) is 3. The summed E-state index contributed by atoms with van der Waals surface area (Å²) < 4.78 is 55.0. The number of alkyl carbamates (subject to hydrolysis) is 1. The average molecular weight is 555 g/mol. The maximum atomic E-state index is 13.2. The molecule has 3 rings (SSSR count). The number of hydrogen-bond donors (Lipinski definition) is 1. The SMILES string of the molecule is CC(C)(C)OC(=O)NC/C(=C\F)COc1ccc(S(=O)(=O)COC2CCN(C(=O)C3CCCC3)CC2)cc1. The van der Waals surface area contributed by atoms with Crippen LogP contribution < -0.4 is 10.1 Å². The number of hydrogen-bond acceptors (Lipinski definition) is 7. The van der Waals surface area contributed by atoms with Crippen molar-refractivity contribution in [2.45, 2.75) is 75.9 Å². The summed E-state index contributed by atoms with van der Waals surface area (Å²) in [5.41, 5.74) is -0.489. The van der Waals surface area contributed by atoms with Gasteiger partial charge in [0.1, 0.15) is 18.0 Å². The Labute approximate surface area is 224 Å². The third kappa shape index (κ3) is 9.27. The third-order valence-electron chi connectivity index (χ3n) is 6.54. The zero-order chi connectivity index (χ0) is 27.8. The first-order chi connectivity index (χ1) is 18.0. The fourth-order valence-electron chi connectivity index (χ4n) is 4.47. The molecule has 1 aromatic rings. The molecule has 0 bridgehead atoms. The lowest BCUT2D eigenvalue weighted by atomic mass is 10.0. The van der Waals surface area contributed by atoms with Crippen molar-refractivity contribution in [1.29, 1.82) is 0 Å². The Bertz CT molecular complexity index is 1070. The first-order valence-electron chi connectivity index (χ1n) is 13.1. The number of carbonyl (C=O) groups is 2. The van der Waals surface area contributed by atoms with E-state index in [0.29, 0.717) is 38.0 Å². The lowest BCUT2D eigenvalue weighted by molar-refractivity contribution is -0.137. The summed E-state index contributed by atoms with van der Waals surface area (Å²) >= 11 is 0. The number of nitrogens with one attached hydrogen (secondary N) is 1. The molecule has 1 N–H and O–H groups in total. The van der Waals surface area contributed by atoms with E-state index in [2.05, 4.69) is 5.32 Å². The van der Waals surface area contributed by atoms with Crippen LogP contribution in [0, 0.1) is 5.92 Å². The number of halogens is 1. The molecule has 0 unspecified atom stereocenters. The van der Waals surface area contributed by atoms with Crippen LogP contribution in [0.1, 0.15) is 59.3 Å². The molecule has 1 saturated carbocycles. The Morgan fingerprint density at radius 3 is 2.29 bits per heavy atom. The molecule has 0 aromatic heterocycles. The molecule has 11 heteroatoms. The second-order valence-electron chi connectivity index (χ2n) is 10.8. The van der Waals surface area contributed by atoms with Gasteiger partial charge in [0.2, 0.25) is 15.7 Å². The second kappa shape index (κ2) is 13.4. The van der Waals surface area contributed by atoms with Gasteiger partial charge in [0.05, 0.1) is 17.3 Å². The third-order valence-corrected chi connectivity index (χ3v) is 7.97. The van der Waals surface area contributed by atoms with Crippen LogP contribution in [0.25, 0.3) is 0 Å². The minimum Gasteiger partial charge on any atom is -0.489 e. The summed E-state index contributed by atoms with van der Waals surface area (Å²) in [5.74, 6) is 0.276. The van der Waals surface area contributed by atoms with E-state index in [1.54, 1.807) is 20.8 Å². The number of piperidine rings is 1. The molecule has 1 aliphatic carbocycles. The molecule has 1 heterocycles. The highest BCUT2D eigenvalue weighted by Crippen LogP contribution is 2.28.